The Morgan fingerprint density at radius 2 is 2.22 bits per heavy atom. The molecule has 0 aliphatic heterocycles. The fourth-order valence-electron chi connectivity index (χ4n) is 2.94. The Bertz CT molecular complexity index is 913. The summed E-state index contributed by atoms with van der Waals surface area (Å²) in [5, 5.41) is 19.3. The van der Waals surface area contributed by atoms with Crippen molar-refractivity contribution in [1.29, 1.82) is 5.26 Å². The highest BCUT2D eigenvalue weighted by Crippen LogP contribution is 2.39. The largest absolute Gasteiger partial charge is 0.451 e. The van der Waals surface area contributed by atoms with E-state index in [2.05, 4.69) is 28.5 Å². The molecule has 0 saturated carbocycles. The van der Waals surface area contributed by atoms with Gasteiger partial charge in [-0.1, -0.05) is 18.7 Å². The first kappa shape index (κ1) is 19.7. The lowest BCUT2D eigenvalue weighted by Crippen LogP contribution is -2.15. The molecule has 1 N–H and O–H groups in total. The Labute approximate surface area is 161 Å². The molecule has 0 spiro atoms. The topological polar surface area (TPSA) is 83.6 Å². The number of nitriles is 1. The van der Waals surface area contributed by atoms with Gasteiger partial charge in [-0.05, 0) is 30.7 Å². The van der Waals surface area contributed by atoms with Crippen LogP contribution in [0.4, 0.5) is 18.2 Å². The number of carbonyl (C=O) groups is 1. The lowest BCUT2D eigenvalue weighted by atomic mass is 9.89. The number of fused-ring (bicyclic) bond motifs is 1. The molecule has 1 unspecified atom stereocenters. The minimum Gasteiger partial charge on any atom is -0.316 e. The van der Waals surface area contributed by atoms with Crippen molar-refractivity contribution in [2.45, 2.75) is 37.5 Å². The van der Waals surface area contributed by atoms with E-state index in [4.69, 9.17) is 0 Å². The van der Waals surface area contributed by atoms with Gasteiger partial charge in [0, 0.05) is 11.9 Å². The molecule has 1 amide bonds. The van der Waals surface area contributed by atoms with E-state index >= 15 is 0 Å². The number of halogens is 3. The quantitative estimate of drug-likeness (QED) is 0.771. The van der Waals surface area contributed by atoms with Crippen molar-refractivity contribution in [3.05, 3.63) is 21.8 Å². The zero-order valence-corrected chi connectivity index (χ0v) is 16.2. The Balaban J connectivity index is 1.67. The normalized spacial score (nSPS) is 16.7. The second kappa shape index (κ2) is 7.52. The van der Waals surface area contributed by atoms with Crippen molar-refractivity contribution in [1.82, 2.24) is 14.8 Å². The first-order valence-electron chi connectivity index (χ1n) is 8.14. The number of amides is 1. The number of anilines is 1. The molecular formula is C16H16F3N5OS2. The van der Waals surface area contributed by atoms with Crippen LogP contribution in [-0.4, -0.2) is 26.4 Å². The van der Waals surface area contributed by atoms with Crippen molar-refractivity contribution in [3.8, 4) is 6.07 Å². The van der Waals surface area contributed by atoms with Crippen LogP contribution in [0, 0.1) is 17.2 Å². The van der Waals surface area contributed by atoms with Crippen molar-refractivity contribution >= 4 is 34.0 Å². The van der Waals surface area contributed by atoms with Crippen molar-refractivity contribution in [2.75, 3.05) is 11.1 Å². The average Bonchev–Trinajstić information content (AvgIpc) is 3.11. The molecule has 3 rings (SSSR count). The predicted octanol–water partition coefficient (Wildman–Crippen LogP) is 3.62. The van der Waals surface area contributed by atoms with Crippen LogP contribution in [0.5, 0.6) is 0 Å². The number of carbonyl (C=O) groups excluding carboxylic acids is 1. The average molecular weight is 415 g/mol. The summed E-state index contributed by atoms with van der Waals surface area (Å²) >= 11 is 2.26. The van der Waals surface area contributed by atoms with Gasteiger partial charge in [0.2, 0.25) is 11.7 Å². The minimum absolute atomic E-state index is 0.00252. The molecular weight excluding hydrogens is 399 g/mol. The molecule has 27 heavy (non-hydrogen) atoms. The zero-order chi connectivity index (χ0) is 19.8. The summed E-state index contributed by atoms with van der Waals surface area (Å²) in [7, 11) is 1.20. The van der Waals surface area contributed by atoms with Gasteiger partial charge in [0.05, 0.1) is 11.3 Å². The predicted molar refractivity (Wildman–Crippen MR) is 95.6 cm³/mol. The maximum atomic E-state index is 12.7. The molecule has 0 aromatic carbocycles. The highest BCUT2D eigenvalue weighted by Gasteiger charge is 2.37. The van der Waals surface area contributed by atoms with Gasteiger partial charge in [-0.25, -0.2) is 0 Å². The Kier molecular flexibility index (Phi) is 5.48. The van der Waals surface area contributed by atoms with Gasteiger partial charge in [0.1, 0.15) is 11.1 Å². The summed E-state index contributed by atoms with van der Waals surface area (Å²) in [4.78, 5) is 13.4. The van der Waals surface area contributed by atoms with Gasteiger partial charge >= 0.3 is 6.18 Å². The first-order valence-corrected chi connectivity index (χ1v) is 9.94. The summed E-state index contributed by atoms with van der Waals surface area (Å²) in [6.07, 6.45) is -1.88. The summed E-state index contributed by atoms with van der Waals surface area (Å²) in [6, 6.07) is 2.16. The molecule has 0 saturated heterocycles. The molecule has 1 aliphatic rings. The maximum absolute atomic E-state index is 12.7. The number of alkyl halides is 3. The van der Waals surface area contributed by atoms with E-state index in [0.717, 1.165) is 46.0 Å². The van der Waals surface area contributed by atoms with Crippen molar-refractivity contribution in [2.24, 2.45) is 13.0 Å². The highest BCUT2D eigenvalue weighted by atomic mass is 32.2. The third-order valence-electron chi connectivity index (χ3n) is 4.30. The van der Waals surface area contributed by atoms with Crippen LogP contribution in [0.15, 0.2) is 5.16 Å². The SMILES string of the molecule is CC1CCc2c(sc(NC(=O)CSc3nnc(C(F)(F)F)n3C)c2C#N)C1. The number of hydrogen-bond donors (Lipinski definition) is 1. The molecule has 0 radical (unpaired) electrons. The number of hydrogen-bond acceptors (Lipinski definition) is 6. The van der Waals surface area contributed by atoms with Crippen LogP contribution in [0.2, 0.25) is 0 Å². The molecule has 2 aromatic heterocycles. The first-order chi connectivity index (χ1) is 12.7. The van der Waals surface area contributed by atoms with Crippen LogP contribution in [0.25, 0.3) is 0 Å². The number of aromatic nitrogens is 3. The summed E-state index contributed by atoms with van der Waals surface area (Å²) in [5.74, 6) is -1.11. The van der Waals surface area contributed by atoms with E-state index in [1.54, 1.807) is 0 Å². The third-order valence-corrected chi connectivity index (χ3v) is 6.49. The molecule has 144 valence electrons. The number of rotatable bonds is 4. The number of thiophene rings is 1. The molecule has 2 heterocycles. The van der Waals surface area contributed by atoms with Gasteiger partial charge in [-0.3, -0.25) is 4.79 Å². The van der Waals surface area contributed by atoms with E-state index < -0.39 is 17.9 Å². The molecule has 0 bridgehead atoms. The zero-order valence-electron chi connectivity index (χ0n) is 14.6. The Morgan fingerprint density at radius 3 is 2.85 bits per heavy atom. The minimum atomic E-state index is -4.60. The number of nitrogens with zero attached hydrogens (tertiary/aromatic N) is 4. The van der Waals surface area contributed by atoms with Gasteiger partial charge < -0.3 is 9.88 Å². The van der Waals surface area contributed by atoms with E-state index in [9.17, 15) is 23.2 Å². The fraction of sp³-hybridized carbons (Fsp3) is 0.500. The van der Waals surface area contributed by atoms with Crippen molar-refractivity contribution < 1.29 is 18.0 Å². The molecule has 6 nitrogen and oxygen atoms in total. The lowest BCUT2D eigenvalue weighted by Gasteiger charge is -2.17. The van der Waals surface area contributed by atoms with Crippen LogP contribution in [0.1, 0.15) is 35.2 Å². The van der Waals surface area contributed by atoms with Gasteiger partial charge in [0.15, 0.2) is 5.16 Å². The van der Waals surface area contributed by atoms with E-state index in [1.165, 1.54) is 18.4 Å². The smallest absolute Gasteiger partial charge is 0.316 e. The lowest BCUT2D eigenvalue weighted by molar-refractivity contribution is -0.147. The second-order valence-electron chi connectivity index (χ2n) is 6.37. The number of nitrogens with one attached hydrogen (secondary N) is 1. The van der Waals surface area contributed by atoms with E-state index in [-0.39, 0.29) is 10.9 Å². The standard InChI is InChI=1S/C16H16F3N5OS2/c1-8-3-4-9-10(6-20)13(27-11(9)5-8)21-12(25)7-26-15-23-22-14(24(15)2)16(17,18)19/h8H,3-5,7H2,1-2H3,(H,21,25). The Hall–Kier alpha value is -2.06. The van der Waals surface area contributed by atoms with Gasteiger partial charge in [-0.15, -0.1) is 21.5 Å². The molecule has 1 aliphatic carbocycles. The van der Waals surface area contributed by atoms with Gasteiger partial charge in [-0.2, -0.15) is 18.4 Å². The second-order valence-corrected chi connectivity index (χ2v) is 8.42. The molecule has 2 aromatic rings. The van der Waals surface area contributed by atoms with Crippen LogP contribution in [0.3, 0.4) is 0 Å². The summed E-state index contributed by atoms with van der Waals surface area (Å²) < 4.78 is 39.0. The highest BCUT2D eigenvalue weighted by molar-refractivity contribution is 7.99. The van der Waals surface area contributed by atoms with E-state index in [1.807, 2.05) is 0 Å². The third kappa shape index (κ3) is 4.11. The van der Waals surface area contributed by atoms with Crippen LogP contribution < -0.4 is 5.32 Å². The number of thioether (sulfide) groups is 1. The van der Waals surface area contributed by atoms with Crippen LogP contribution >= 0.6 is 23.1 Å². The monoisotopic (exact) mass is 415 g/mol. The molecule has 0 fully saturated rings. The summed E-state index contributed by atoms with van der Waals surface area (Å²) in [6.45, 7) is 2.15. The Morgan fingerprint density at radius 1 is 1.48 bits per heavy atom. The summed E-state index contributed by atoms with van der Waals surface area (Å²) in [5.41, 5.74) is 1.50. The fourth-order valence-corrected chi connectivity index (χ4v) is 5.03. The van der Waals surface area contributed by atoms with Gasteiger partial charge in [0.25, 0.3) is 0 Å². The molecule has 11 heteroatoms. The molecule has 1 atom stereocenters. The van der Waals surface area contributed by atoms with Crippen molar-refractivity contribution in [3.63, 3.8) is 0 Å². The van der Waals surface area contributed by atoms with Crippen LogP contribution in [-0.2, 0) is 30.9 Å². The maximum Gasteiger partial charge on any atom is 0.451 e. The van der Waals surface area contributed by atoms with E-state index in [0.29, 0.717) is 16.5 Å².